The predicted molar refractivity (Wildman–Crippen MR) is 92.1 cm³/mol. The molecule has 1 aliphatic rings. The monoisotopic (exact) mass is 322 g/mol. The van der Waals surface area contributed by atoms with E-state index < -0.39 is 0 Å². The number of nitrogens with zero attached hydrogens (tertiary/aromatic N) is 2. The number of rotatable bonds is 7. The summed E-state index contributed by atoms with van der Waals surface area (Å²) in [7, 11) is 3.76. The molecule has 1 fully saturated rings. The van der Waals surface area contributed by atoms with E-state index in [0.717, 1.165) is 49.7 Å². The van der Waals surface area contributed by atoms with Crippen LogP contribution in [0.3, 0.4) is 0 Å². The van der Waals surface area contributed by atoms with E-state index in [1.54, 1.807) is 7.11 Å². The minimum atomic E-state index is -0.335. The van der Waals surface area contributed by atoms with Gasteiger partial charge in [-0.15, -0.1) is 0 Å². The molecule has 1 saturated heterocycles. The molecule has 0 spiro atoms. The maximum atomic E-state index is 10.3. The van der Waals surface area contributed by atoms with Crippen molar-refractivity contribution in [3.05, 3.63) is 28.8 Å². The van der Waals surface area contributed by atoms with Crippen molar-refractivity contribution in [2.45, 2.75) is 26.5 Å². The number of hydrogen-bond acceptors (Lipinski definition) is 5. The Hall–Kier alpha value is -1.14. The lowest BCUT2D eigenvalue weighted by Crippen LogP contribution is -2.43. The topological polar surface area (TPSA) is 45.2 Å². The summed E-state index contributed by atoms with van der Waals surface area (Å²) in [4.78, 5) is 4.44. The maximum Gasteiger partial charge on any atom is 0.124 e. The molecule has 0 aliphatic carbocycles. The Morgan fingerprint density at radius 1 is 1.26 bits per heavy atom. The number of aliphatic hydroxyl groups is 1. The van der Waals surface area contributed by atoms with E-state index in [9.17, 15) is 5.11 Å². The Morgan fingerprint density at radius 3 is 2.43 bits per heavy atom. The highest BCUT2D eigenvalue weighted by Crippen LogP contribution is 2.24. The Kier molecular flexibility index (Phi) is 6.84. The van der Waals surface area contributed by atoms with Crippen molar-refractivity contribution >= 4 is 0 Å². The number of aryl methyl sites for hydroxylation is 2. The molecular formula is C18H30N2O3. The van der Waals surface area contributed by atoms with E-state index in [4.69, 9.17) is 9.47 Å². The number of β-amino-alcohol motifs (C(OH)–C–C–N with tert-alkyl or cyclic N) is 1. The molecule has 5 heteroatoms. The quantitative estimate of drug-likeness (QED) is 0.823. The fourth-order valence-electron chi connectivity index (χ4n) is 3.33. The van der Waals surface area contributed by atoms with E-state index in [1.165, 1.54) is 5.56 Å². The SMILES string of the molecule is COc1c(C)cc(CN(C)CC(O)CN2CCOCC2)cc1C. The molecule has 1 aliphatic heterocycles. The minimum Gasteiger partial charge on any atom is -0.496 e. The van der Waals surface area contributed by atoms with Gasteiger partial charge in [-0.25, -0.2) is 0 Å². The molecule has 0 amide bonds. The van der Waals surface area contributed by atoms with E-state index in [2.05, 4.69) is 42.8 Å². The first-order valence-electron chi connectivity index (χ1n) is 8.30. The second-order valence-corrected chi connectivity index (χ2v) is 6.53. The molecule has 23 heavy (non-hydrogen) atoms. The van der Waals surface area contributed by atoms with Gasteiger partial charge in [0.2, 0.25) is 0 Å². The van der Waals surface area contributed by atoms with Crippen LogP contribution in [0, 0.1) is 13.8 Å². The van der Waals surface area contributed by atoms with Crippen LogP contribution in [0.15, 0.2) is 12.1 Å². The van der Waals surface area contributed by atoms with Gasteiger partial charge in [0.1, 0.15) is 5.75 Å². The van der Waals surface area contributed by atoms with Crippen LogP contribution < -0.4 is 4.74 Å². The first kappa shape index (κ1) is 18.2. The Labute approximate surface area is 139 Å². The number of hydrogen-bond donors (Lipinski definition) is 1. The standard InChI is InChI=1S/C18H30N2O3/c1-14-9-16(10-15(2)18(14)22-4)11-19(3)12-17(21)13-20-5-7-23-8-6-20/h9-10,17,21H,5-8,11-13H2,1-4H3. The third-order valence-electron chi connectivity index (χ3n) is 4.27. The van der Waals surface area contributed by atoms with E-state index in [-0.39, 0.29) is 6.10 Å². The van der Waals surface area contributed by atoms with Crippen molar-refractivity contribution in [2.75, 3.05) is 53.6 Å². The van der Waals surface area contributed by atoms with Gasteiger partial charge in [-0.05, 0) is 37.6 Å². The molecule has 0 radical (unpaired) electrons. The highest BCUT2D eigenvalue weighted by Gasteiger charge is 2.16. The molecule has 5 nitrogen and oxygen atoms in total. The van der Waals surface area contributed by atoms with Gasteiger partial charge in [-0.1, -0.05) is 12.1 Å². The van der Waals surface area contributed by atoms with Crippen LogP contribution in [0.5, 0.6) is 5.75 Å². The zero-order chi connectivity index (χ0) is 16.8. The molecule has 1 aromatic carbocycles. The lowest BCUT2D eigenvalue weighted by molar-refractivity contribution is 0.00825. The zero-order valence-electron chi connectivity index (χ0n) is 14.8. The van der Waals surface area contributed by atoms with Crippen LogP contribution in [-0.4, -0.2) is 74.6 Å². The summed E-state index contributed by atoms with van der Waals surface area (Å²) < 4.78 is 10.8. The summed E-state index contributed by atoms with van der Waals surface area (Å²) in [5.74, 6) is 0.962. The molecule has 1 N–H and O–H groups in total. The first-order chi connectivity index (χ1) is 11.0. The second kappa shape index (κ2) is 8.64. The van der Waals surface area contributed by atoms with Gasteiger partial charge in [0.25, 0.3) is 0 Å². The average molecular weight is 322 g/mol. The highest BCUT2D eigenvalue weighted by molar-refractivity contribution is 5.43. The third kappa shape index (κ3) is 5.46. The highest BCUT2D eigenvalue weighted by atomic mass is 16.5. The summed E-state index contributed by atoms with van der Waals surface area (Å²) in [6.07, 6.45) is -0.335. The Bertz CT molecular complexity index is 478. The van der Waals surface area contributed by atoms with Gasteiger partial charge in [-0.2, -0.15) is 0 Å². The van der Waals surface area contributed by atoms with E-state index >= 15 is 0 Å². The van der Waals surface area contributed by atoms with Gasteiger partial charge in [0.05, 0.1) is 26.4 Å². The molecule has 0 bridgehead atoms. The van der Waals surface area contributed by atoms with Gasteiger partial charge in [-0.3, -0.25) is 9.80 Å². The van der Waals surface area contributed by atoms with E-state index in [1.807, 2.05) is 0 Å². The van der Waals surface area contributed by atoms with Crippen LogP contribution in [0.4, 0.5) is 0 Å². The molecule has 1 aromatic rings. The maximum absolute atomic E-state index is 10.3. The van der Waals surface area contributed by atoms with Crippen molar-refractivity contribution in [3.8, 4) is 5.75 Å². The fourth-order valence-corrected chi connectivity index (χ4v) is 3.33. The van der Waals surface area contributed by atoms with Crippen molar-refractivity contribution < 1.29 is 14.6 Å². The third-order valence-corrected chi connectivity index (χ3v) is 4.27. The molecular weight excluding hydrogens is 292 g/mol. The van der Waals surface area contributed by atoms with Crippen molar-refractivity contribution in [1.82, 2.24) is 9.80 Å². The summed E-state index contributed by atoms with van der Waals surface area (Å²) in [5.41, 5.74) is 3.57. The average Bonchev–Trinajstić information content (AvgIpc) is 2.47. The molecule has 1 heterocycles. The van der Waals surface area contributed by atoms with Crippen molar-refractivity contribution in [1.29, 1.82) is 0 Å². The van der Waals surface area contributed by atoms with Gasteiger partial charge in [0, 0.05) is 32.7 Å². The second-order valence-electron chi connectivity index (χ2n) is 6.53. The van der Waals surface area contributed by atoms with Crippen molar-refractivity contribution in [3.63, 3.8) is 0 Å². The number of methoxy groups -OCH3 is 1. The molecule has 1 unspecified atom stereocenters. The normalized spacial score (nSPS) is 17.5. The van der Waals surface area contributed by atoms with Crippen molar-refractivity contribution in [2.24, 2.45) is 0 Å². The largest absolute Gasteiger partial charge is 0.496 e. The van der Waals surface area contributed by atoms with Crippen LogP contribution in [-0.2, 0) is 11.3 Å². The molecule has 0 aromatic heterocycles. The number of likely N-dealkylation sites (N-methyl/N-ethyl adjacent to an activating group) is 1. The summed E-state index contributed by atoms with van der Waals surface area (Å²) in [6, 6.07) is 4.33. The summed E-state index contributed by atoms with van der Waals surface area (Å²) >= 11 is 0. The van der Waals surface area contributed by atoms with Gasteiger partial charge in [0.15, 0.2) is 0 Å². The Balaban J connectivity index is 1.85. The molecule has 0 saturated carbocycles. The summed E-state index contributed by atoms with van der Waals surface area (Å²) in [5, 5.41) is 10.3. The fraction of sp³-hybridized carbons (Fsp3) is 0.667. The van der Waals surface area contributed by atoms with Gasteiger partial charge >= 0.3 is 0 Å². The minimum absolute atomic E-state index is 0.335. The van der Waals surface area contributed by atoms with Crippen LogP contribution in [0.1, 0.15) is 16.7 Å². The smallest absolute Gasteiger partial charge is 0.124 e. The molecule has 2 rings (SSSR count). The number of benzene rings is 1. The number of ether oxygens (including phenoxy) is 2. The van der Waals surface area contributed by atoms with Crippen LogP contribution >= 0.6 is 0 Å². The van der Waals surface area contributed by atoms with Crippen LogP contribution in [0.2, 0.25) is 0 Å². The number of morpholine rings is 1. The van der Waals surface area contributed by atoms with Crippen LogP contribution in [0.25, 0.3) is 0 Å². The first-order valence-corrected chi connectivity index (χ1v) is 8.30. The van der Waals surface area contributed by atoms with E-state index in [0.29, 0.717) is 13.1 Å². The summed E-state index contributed by atoms with van der Waals surface area (Å²) in [6.45, 7) is 9.72. The zero-order valence-corrected chi connectivity index (χ0v) is 14.8. The Morgan fingerprint density at radius 2 is 1.87 bits per heavy atom. The molecule has 130 valence electrons. The lowest BCUT2D eigenvalue weighted by atomic mass is 10.1. The lowest BCUT2D eigenvalue weighted by Gasteiger charge is -2.30. The number of aliphatic hydroxyl groups excluding tert-OH is 1. The predicted octanol–water partition coefficient (Wildman–Crippen LogP) is 1.44. The van der Waals surface area contributed by atoms with Gasteiger partial charge < -0.3 is 14.6 Å². The molecule has 1 atom stereocenters.